The third-order valence-corrected chi connectivity index (χ3v) is 7.52. The fraction of sp³-hybridized carbons (Fsp3) is 0.600. The van der Waals surface area contributed by atoms with Gasteiger partial charge in [0.25, 0.3) is 0 Å². The Labute approximate surface area is 168 Å². The number of aryl methyl sites for hydroxylation is 1. The highest BCUT2D eigenvalue weighted by Crippen LogP contribution is 2.35. The van der Waals surface area contributed by atoms with Crippen LogP contribution in [0.25, 0.3) is 0 Å². The standard InChI is InChI=1S/C20H27N3O2S2/c1-15-17(27-14-21-15)12-23-8-9-25-20(13-23)7-3-2-6-18(20)22-19(24)11-16-5-4-10-26-16/h4-5,10,14,18H,2-3,6-9,11-13H2,1H3,(H,22,24)/t18-,20+/m0/s1. The van der Waals surface area contributed by atoms with Gasteiger partial charge in [0.15, 0.2) is 0 Å². The predicted molar refractivity (Wildman–Crippen MR) is 109 cm³/mol. The number of aromatic nitrogens is 1. The highest BCUT2D eigenvalue weighted by molar-refractivity contribution is 7.10. The lowest BCUT2D eigenvalue weighted by molar-refractivity contribution is -0.151. The number of rotatable bonds is 5. The number of nitrogens with zero attached hydrogens (tertiary/aromatic N) is 2. The Balaban J connectivity index is 1.43. The van der Waals surface area contributed by atoms with E-state index >= 15 is 0 Å². The molecule has 2 aromatic rings. The molecule has 2 fully saturated rings. The first-order chi connectivity index (χ1) is 13.1. The Morgan fingerprint density at radius 2 is 2.37 bits per heavy atom. The van der Waals surface area contributed by atoms with Gasteiger partial charge in [0.1, 0.15) is 5.60 Å². The minimum atomic E-state index is -0.250. The van der Waals surface area contributed by atoms with Gasteiger partial charge in [0, 0.05) is 29.4 Å². The third kappa shape index (κ3) is 4.42. The summed E-state index contributed by atoms with van der Waals surface area (Å²) in [6.07, 6.45) is 4.82. The summed E-state index contributed by atoms with van der Waals surface area (Å²) >= 11 is 3.37. The van der Waals surface area contributed by atoms with Crippen molar-refractivity contribution in [1.82, 2.24) is 15.2 Å². The maximum absolute atomic E-state index is 12.6. The van der Waals surface area contributed by atoms with Gasteiger partial charge in [-0.3, -0.25) is 9.69 Å². The molecule has 146 valence electrons. The number of ether oxygens (including phenoxy) is 1. The second-order valence-corrected chi connectivity index (χ2v) is 9.58. The maximum atomic E-state index is 12.6. The third-order valence-electron chi connectivity index (χ3n) is 5.73. The van der Waals surface area contributed by atoms with E-state index in [2.05, 4.69) is 22.1 Å². The molecule has 27 heavy (non-hydrogen) atoms. The number of nitrogens with one attached hydrogen (secondary N) is 1. The van der Waals surface area contributed by atoms with Crippen molar-refractivity contribution in [1.29, 1.82) is 0 Å². The number of hydrogen-bond acceptors (Lipinski definition) is 6. The van der Waals surface area contributed by atoms with Gasteiger partial charge in [-0.05, 0) is 31.2 Å². The van der Waals surface area contributed by atoms with E-state index in [1.807, 2.05) is 23.0 Å². The number of amides is 1. The highest BCUT2D eigenvalue weighted by atomic mass is 32.1. The number of morpholine rings is 1. The first kappa shape index (κ1) is 19.1. The van der Waals surface area contributed by atoms with E-state index in [9.17, 15) is 4.79 Å². The summed E-state index contributed by atoms with van der Waals surface area (Å²) in [5.41, 5.74) is 2.81. The molecule has 1 saturated carbocycles. The smallest absolute Gasteiger partial charge is 0.225 e. The van der Waals surface area contributed by atoms with Crippen molar-refractivity contribution in [3.63, 3.8) is 0 Å². The number of thiazole rings is 1. The average Bonchev–Trinajstić information content (AvgIpc) is 3.30. The zero-order valence-corrected chi connectivity index (χ0v) is 17.4. The van der Waals surface area contributed by atoms with E-state index in [0.29, 0.717) is 6.42 Å². The second kappa shape index (κ2) is 8.39. The molecule has 1 amide bonds. The van der Waals surface area contributed by atoms with Gasteiger partial charge in [-0.25, -0.2) is 4.98 Å². The molecule has 3 heterocycles. The van der Waals surface area contributed by atoms with Crippen LogP contribution in [0.4, 0.5) is 0 Å². The van der Waals surface area contributed by atoms with Crippen molar-refractivity contribution in [2.45, 2.75) is 57.2 Å². The van der Waals surface area contributed by atoms with Crippen LogP contribution in [0.15, 0.2) is 23.0 Å². The molecule has 1 aliphatic carbocycles. The first-order valence-electron chi connectivity index (χ1n) is 9.72. The molecule has 1 spiro atoms. The van der Waals surface area contributed by atoms with Gasteiger partial charge in [-0.15, -0.1) is 22.7 Å². The molecule has 7 heteroatoms. The molecule has 4 rings (SSSR count). The summed E-state index contributed by atoms with van der Waals surface area (Å²) in [4.78, 5) is 21.9. The molecule has 0 unspecified atom stereocenters. The van der Waals surface area contributed by atoms with Crippen molar-refractivity contribution < 1.29 is 9.53 Å². The van der Waals surface area contributed by atoms with E-state index in [0.717, 1.165) is 56.1 Å². The van der Waals surface area contributed by atoms with Crippen molar-refractivity contribution in [2.24, 2.45) is 0 Å². The van der Waals surface area contributed by atoms with Gasteiger partial charge in [0.2, 0.25) is 5.91 Å². The van der Waals surface area contributed by atoms with E-state index < -0.39 is 0 Å². The Hall–Kier alpha value is -1.28. The van der Waals surface area contributed by atoms with E-state index in [4.69, 9.17) is 4.74 Å². The Morgan fingerprint density at radius 1 is 1.44 bits per heavy atom. The van der Waals surface area contributed by atoms with Crippen molar-refractivity contribution in [3.8, 4) is 0 Å². The molecule has 2 aromatic heterocycles. The summed E-state index contributed by atoms with van der Waals surface area (Å²) in [5, 5.41) is 5.34. The molecule has 0 aromatic carbocycles. The van der Waals surface area contributed by atoms with Gasteiger partial charge >= 0.3 is 0 Å². The lowest BCUT2D eigenvalue weighted by atomic mass is 9.78. The second-order valence-electron chi connectivity index (χ2n) is 7.61. The molecule has 1 N–H and O–H groups in total. The van der Waals surface area contributed by atoms with Crippen LogP contribution in [-0.2, 0) is 22.5 Å². The zero-order valence-electron chi connectivity index (χ0n) is 15.8. The van der Waals surface area contributed by atoms with Crippen LogP contribution in [0.5, 0.6) is 0 Å². The summed E-state index contributed by atoms with van der Waals surface area (Å²) in [5.74, 6) is 0.114. The quantitative estimate of drug-likeness (QED) is 0.829. The fourth-order valence-electron chi connectivity index (χ4n) is 4.29. The number of carbonyl (C=O) groups excluding carboxylic acids is 1. The van der Waals surface area contributed by atoms with Crippen LogP contribution in [0.1, 0.15) is 41.1 Å². The van der Waals surface area contributed by atoms with Crippen molar-refractivity contribution in [2.75, 3.05) is 19.7 Å². The minimum Gasteiger partial charge on any atom is -0.370 e. The summed E-state index contributed by atoms with van der Waals surface area (Å²) in [7, 11) is 0. The van der Waals surface area contributed by atoms with Crippen LogP contribution in [0.2, 0.25) is 0 Å². The van der Waals surface area contributed by atoms with E-state index in [1.165, 1.54) is 11.3 Å². The number of thiophene rings is 1. The Kier molecular flexibility index (Phi) is 5.92. The summed E-state index contributed by atoms with van der Waals surface area (Å²) < 4.78 is 6.37. The minimum absolute atomic E-state index is 0.101. The van der Waals surface area contributed by atoms with Crippen LogP contribution in [0, 0.1) is 6.92 Å². The van der Waals surface area contributed by atoms with Crippen molar-refractivity contribution in [3.05, 3.63) is 38.5 Å². The SMILES string of the molecule is Cc1ncsc1CN1CCO[C@]2(CCCC[C@@H]2NC(=O)Cc2cccs2)C1. The van der Waals surface area contributed by atoms with Gasteiger partial charge in [-0.2, -0.15) is 0 Å². The van der Waals surface area contributed by atoms with Gasteiger partial charge in [0.05, 0.1) is 30.3 Å². The molecule has 0 radical (unpaired) electrons. The molecule has 1 aliphatic heterocycles. The number of hydrogen-bond donors (Lipinski definition) is 1. The Bertz CT molecular complexity index is 757. The fourth-order valence-corrected chi connectivity index (χ4v) is 5.81. The molecule has 2 aliphatic rings. The van der Waals surface area contributed by atoms with Gasteiger partial charge < -0.3 is 10.1 Å². The summed E-state index contributed by atoms with van der Waals surface area (Å²) in [6, 6.07) is 4.12. The maximum Gasteiger partial charge on any atom is 0.225 e. The molecule has 5 nitrogen and oxygen atoms in total. The van der Waals surface area contributed by atoms with Crippen molar-refractivity contribution >= 4 is 28.6 Å². The molecule has 2 atom stereocenters. The van der Waals surface area contributed by atoms with Gasteiger partial charge in [-0.1, -0.05) is 18.9 Å². The molecule has 0 bridgehead atoms. The number of carbonyl (C=O) groups is 1. The lowest BCUT2D eigenvalue weighted by Gasteiger charge is -2.49. The van der Waals surface area contributed by atoms with Crippen LogP contribution in [0.3, 0.4) is 0 Å². The monoisotopic (exact) mass is 405 g/mol. The Morgan fingerprint density at radius 3 is 3.15 bits per heavy atom. The average molecular weight is 406 g/mol. The summed E-state index contributed by atoms with van der Waals surface area (Å²) in [6.45, 7) is 5.56. The lowest BCUT2D eigenvalue weighted by Crippen LogP contribution is -2.64. The highest BCUT2D eigenvalue weighted by Gasteiger charge is 2.45. The first-order valence-corrected chi connectivity index (χ1v) is 11.5. The topological polar surface area (TPSA) is 54.5 Å². The van der Waals surface area contributed by atoms with Crippen LogP contribution < -0.4 is 5.32 Å². The largest absolute Gasteiger partial charge is 0.370 e. The van der Waals surface area contributed by atoms with E-state index in [-0.39, 0.29) is 17.6 Å². The normalized spacial score (nSPS) is 26.3. The zero-order chi connectivity index (χ0) is 18.7. The van der Waals surface area contributed by atoms with E-state index in [1.54, 1.807) is 22.7 Å². The van der Waals surface area contributed by atoms with Crippen LogP contribution >= 0.6 is 22.7 Å². The molecular formula is C20H27N3O2S2. The molecule has 1 saturated heterocycles. The van der Waals surface area contributed by atoms with Crippen LogP contribution in [-0.4, -0.2) is 47.1 Å². The molecular weight excluding hydrogens is 378 g/mol. The predicted octanol–water partition coefficient (Wildman–Crippen LogP) is 3.39.